The minimum Gasteiger partial charge on any atom is -0.356 e. The predicted octanol–water partition coefficient (Wildman–Crippen LogP) is 2.32. The Bertz CT molecular complexity index is 871. The molecule has 0 fully saturated rings. The molecule has 2 aromatic carbocycles. The summed E-state index contributed by atoms with van der Waals surface area (Å²) in [4.78, 5) is 5.26. The van der Waals surface area contributed by atoms with Crippen LogP contribution in [0.25, 0.3) is 0 Å². The number of benzene rings is 2. The molecule has 6 nitrogen and oxygen atoms in total. The van der Waals surface area contributed by atoms with Gasteiger partial charge in [0.15, 0.2) is 5.96 Å². The largest absolute Gasteiger partial charge is 0.356 e. The summed E-state index contributed by atoms with van der Waals surface area (Å²) in [6.45, 7) is 1.15. The fourth-order valence-corrected chi connectivity index (χ4v) is 3.68. The standard InChI is InChI=1S/C18H23FN4O2S2/c1-21-18(22-10-3-11-26-16-8-6-15(19)7-9-16)23-13-14-4-2-5-17(12-14)27(20,24)25/h2,4-9,12H,3,10-11,13H2,1H3,(H2,20,24,25)(H2,21,22,23). The van der Waals surface area contributed by atoms with Crippen molar-refractivity contribution < 1.29 is 12.8 Å². The van der Waals surface area contributed by atoms with Crippen molar-refractivity contribution in [3.63, 3.8) is 0 Å². The summed E-state index contributed by atoms with van der Waals surface area (Å²) in [6, 6.07) is 12.9. The lowest BCUT2D eigenvalue weighted by atomic mass is 10.2. The molecule has 2 rings (SSSR count). The van der Waals surface area contributed by atoms with E-state index in [0.717, 1.165) is 29.2 Å². The Morgan fingerprint density at radius 2 is 1.93 bits per heavy atom. The average molecular weight is 411 g/mol. The number of primary sulfonamides is 1. The van der Waals surface area contributed by atoms with E-state index in [1.807, 2.05) is 6.07 Å². The molecule has 4 N–H and O–H groups in total. The van der Waals surface area contributed by atoms with Crippen molar-refractivity contribution in [2.24, 2.45) is 10.1 Å². The van der Waals surface area contributed by atoms with Gasteiger partial charge in [0.2, 0.25) is 10.0 Å². The van der Waals surface area contributed by atoms with E-state index >= 15 is 0 Å². The van der Waals surface area contributed by atoms with Crippen LogP contribution in [0.15, 0.2) is 63.3 Å². The van der Waals surface area contributed by atoms with Crippen LogP contribution in [0.3, 0.4) is 0 Å². The van der Waals surface area contributed by atoms with Crippen LogP contribution in [0.1, 0.15) is 12.0 Å². The number of thioether (sulfide) groups is 1. The van der Waals surface area contributed by atoms with Gasteiger partial charge in [-0.3, -0.25) is 4.99 Å². The number of hydrogen-bond acceptors (Lipinski definition) is 4. The van der Waals surface area contributed by atoms with E-state index in [-0.39, 0.29) is 10.7 Å². The fourth-order valence-electron chi connectivity index (χ4n) is 2.24. The summed E-state index contributed by atoms with van der Waals surface area (Å²) in [5, 5.41) is 11.5. The highest BCUT2D eigenvalue weighted by Gasteiger charge is 2.08. The molecule has 0 heterocycles. The molecule has 9 heteroatoms. The first-order valence-electron chi connectivity index (χ1n) is 8.33. The van der Waals surface area contributed by atoms with Gasteiger partial charge in [-0.1, -0.05) is 12.1 Å². The van der Waals surface area contributed by atoms with Gasteiger partial charge in [-0.25, -0.2) is 17.9 Å². The predicted molar refractivity (Wildman–Crippen MR) is 108 cm³/mol. The Balaban J connectivity index is 1.72. The Morgan fingerprint density at radius 3 is 2.59 bits per heavy atom. The van der Waals surface area contributed by atoms with Gasteiger partial charge >= 0.3 is 0 Å². The lowest BCUT2D eigenvalue weighted by Gasteiger charge is -2.12. The minimum atomic E-state index is -3.71. The SMILES string of the molecule is CN=C(NCCCSc1ccc(F)cc1)NCc1cccc(S(N)(=O)=O)c1. The zero-order valence-corrected chi connectivity index (χ0v) is 16.6. The molecular weight excluding hydrogens is 387 g/mol. The van der Waals surface area contributed by atoms with Crippen molar-refractivity contribution >= 4 is 27.7 Å². The second-order valence-electron chi connectivity index (χ2n) is 5.70. The van der Waals surface area contributed by atoms with E-state index in [4.69, 9.17) is 5.14 Å². The van der Waals surface area contributed by atoms with Crippen molar-refractivity contribution in [1.29, 1.82) is 0 Å². The number of hydrogen-bond donors (Lipinski definition) is 3. The van der Waals surface area contributed by atoms with E-state index in [9.17, 15) is 12.8 Å². The molecular formula is C18H23FN4O2S2. The van der Waals surface area contributed by atoms with Crippen molar-refractivity contribution in [1.82, 2.24) is 10.6 Å². The Morgan fingerprint density at radius 1 is 1.19 bits per heavy atom. The van der Waals surface area contributed by atoms with Crippen LogP contribution < -0.4 is 15.8 Å². The molecule has 0 aliphatic carbocycles. The molecule has 0 radical (unpaired) electrons. The second kappa shape index (κ2) is 10.3. The summed E-state index contributed by atoms with van der Waals surface area (Å²) < 4.78 is 35.7. The Kier molecular flexibility index (Phi) is 8.08. The third kappa shape index (κ3) is 7.58. The van der Waals surface area contributed by atoms with Gasteiger partial charge < -0.3 is 10.6 Å². The van der Waals surface area contributed by atoms with Gasteiger partial charge in [-0.2, -0.15) is 0 Å². The van der Waals surface area contributed by atoms with Crippen LogP contribution in [0, 0.1) is 5.82 Å². The lowest BCUT2D eigenvalue weighted by Crippen LogP contribution is -2.37. The van der Waals surface area contributed by atoms with Crippen LogP contribution in [0.5, 0.6) is 0 Å². The first-order valence-corrected chi connectivity index (χ1v) is 10.9. The van der Waals surface area contributed by atoms with Gasteiger partial charge in [0.05, 0.1) is 4.90 Å². The number of nitrogens with two attached hydrogens (primary N) is 1. The number of nitrogens with zero attached hydrogens (tertiary/aromatic N) is 1. The zero-order valence-electron chi connectivity index (χ0n) is 15.0. The van der Waals surface area contributed by atoms with Crippen LogP contribution in [0.4, 0.5) is 4.39 Å². The number of aliphatic imine (C=N–C) groups is 1. The number of sulfonamides is 1. The summed E-state index contributed by atoms with van der Waals surface area (Å²) in [7, 11) is -2.04. The first-order chi connectivity index (χ1) is 12.9. The van der Waals surface area contributed by atoms with Gasteiger partial charge in [-0.05, 0) is 54.1 Å². The molecule has 146 valence electrons. The zero-order chi connectivity index (χ0) is 19.7. The molecule has 0 amide bonds. The molecule has 0 saturated carbocycles. The molecule has 0 aromatic heterocycles. The molecule has 0 spiro atoms. The van der Waals surface area contributed by atoms with Gasteiger partial charge in [0, 0.05) is 25.0 Å². The van der Waals surface area contributed by atoms with E-state index in [1.54, 1.807) is 37.0 Å². The number of guanidine groups is 1. The third-order valence-corrected chi connectivity index (χ3v) is 5.62. The number of nitrogens with one attached hydrogen (secondary N) is 2. The highest BCUT2D eigenvalue weighted by Crippen LogP contribution is 2.18. The van der Waals surface area contributed by atoms with Crippen LogP contribution >= 0.6 is 11.8 Å². The maximum atomic E-state index is 12.9. The number of halogens is 1. The normalized spacial score (nSPS) is 12.0. The number of rotatable bonds is 8. The van der Waals surface area contributed by atoms with Crippen molar-refractivity contribution in [2.45, 2.75) is 22.8 Å². The molecule has 0 aliphatic rings. The third-order valence-electron chi connectivity index (χ3n) is 3.61. The van der Waals surface area contributed by atoms with Crippen LogP contribution in [-0.4, -0.2) is 33.7 Å². The monoisotopic (exact) mass is 410 g/mol. The molecule has 0 bridgehead atoms. The smallest absolute Gasteiger partial charge is 0.238 e. The summed E-state index contributed by atoms with van der Waals surface area (Å²) >= 11 is 1.67. The molecule has 0 aliphatic heterocycles. The fraction of sp³-hybridized carbons (Fsp3) is 0.278. The average Bonchev–Trinajstić information content (AvgIpc) is 2.65. The van der Waals surface area contributed by atoms with E-state index < -0.39 is 10.0 Å². The topological polar surface area (TPSA) is 96.6 Å². The van der Waals surface area contributed by atoms with E-state index in [2.05, 4.69) is 15.6 Å². The Labute approximate surface area is 163 Å². The van der Waals surface area contributed by atoms with E-state index in [0.29, 0.717) is 12.5 Å². The second-order valence-corrected chi connectivity index (χ2v) is 8.43. The molecule has 0 saturated heterocycles. The van der Waals surface area contributed by atoms with Crippen molar-refractivity contribution in [2.75, 3.05) is 19.3 Å². The molecule has 27 heavy (non-hydrogen) atoms. The van der Waals surface area contributed by atoms with Gasteiger partial charge in [-0.15, -0.1) is 11.8 Å². The van der Waals surface area contributed by atoms with E-state index in [1.165, 1.54) is 24.3 Å². The molecule has 2 aromatic rings. The maximum absolute atomic E-state index is 12.9. The van der Waals surface area contributed by atoms with Crippen LogP contribution in [-0.2, 0) is 16.6 Å². The van der Waals surface area contributed by atoms with Crippen LogP contribution in [0.2, 0.25) is 0 Å². The summed E-state index contributed by atoms with van der Waals surface area (Å²) in [6.07, 6.45) is 0.906. The quantitative estimate of drug-likeness (QED) is 0.269. The summed E-state index contributed by atoms with van der Waals surface area (Å²) in [5.41, 5.74) is 0.788. The molecule has 0 atom stereocenters. The van der Waals surface area contributed by atoms with Gasteiger partial charge in [0.25, 0.3) is 0 Å². The highest BCUT2D eigenvalue weighted by atomic mass is 32.2. The van der Waals surface area contributed by atoms with Crippen molar-refractivity contribution in [3.8, 4) is 0 Å². The Hall–Kier alpha value is -2.10. The molecule has 0 unspecified atom stereocenters. The first kappa shape index (κ1) is 21.2. The maximum Gasteiger partial charge on any atom is 0.238 e. The van der Waals surface area contributed by atoms with Gasteiger partial charge in [0.1, 0.15) is 5.82 Å². The minimum absolute atomic E-state index is 0.0857. The van der Waals surface area contributed by atoms with Crippen molar-refractivity contribution in [3.05, 3.63) is 59.9 Å². The summed E-state index contributed by atoms with van der Waals surface area (Å²) in [5.74, 6) is 1.29. The highest BCUT2D eigenvalue weighted by molar-refractivity contribution is 7.99. The lowest BCUT2D eigenvalue weighted by molar-refractivity contribution is 0.597.